The maximum Gasteiger partial charge on any atom is 0.191 e. The molecule has 7 atom stereocenters. The lowest BCUT2D eigenvalue weighted by molar-refractivity contribution is 0.0188. The van der Waals surface area contributed by atoms with Gasteiger partial charge in [0.2, 0.25) is 0 Å². The van der Waals surface area contributed by atoms with Gasteiger partial charge in [-0.05, 0) is 55.1 Å². The van der Waals surface area contributed by atoms with Gasteiger partial charge in [-0.2, -0.15) is 0 Å². The molecule has 2 bridgehead atoms. The van der Waals surface area contributed by atoms with Gasteiger partial charge in [0, 0.05) is 12.5 Å². The summed E-state index contributed by atoms with van der Waals surface area (Å²) >= 11 is 0. The van der Waals surface area contributed by atoms with Crippen LogP contribution in [0.3, 0.4) is 0 Å². The summed E-state index contributed by atoms with van der Waals surface area (Å²) < 4.78 is 12.4. The number of aliphatic hydroxyl groups excluding tert-OH is 1. The fraction of sp³-hybridized carbons (Fsp3) is 0.917. The van der Waals surface area contributed by atoms with Gasteiger partial charge in [0.05, 0.1) is 6.10 Å². The molecule has 0 radical (unpaired) electrons. The van der Waals surface area contributed by atoms with Crippen LogP contribution in [0.4, 0.5) is 0 Å². The van der Waals surface area contributed by atoms with E-state index in [4.69, 9.17) is 9.16 Å². The fourth-order valence-corrected chi connectivity index (χ4v) is 7.26. The van der Waals surface area contributed by atoms with Crippen molar-refractivity contribution in [2.45, 2.75) is 108 Å². The minimum absolute atomic E-state index is 0.0469. The number of ether oxygens (including phenoxy) is 1. The maximum absolute atomic E-state index is 10.7. The van der Waals surface area contributed by atoms with Crippen LogP contribution in [-0.4, -0.2) is 37.8 Å². The summed E-state index contributed by atoms with van der Waals surface area (Å²) in [5.41, 5.74) is 0.0469. The van der Waals surface area contributed by atoms with Gasteiger partial charge in [-0.15, -0.1) is 0 Å². The van der Waals surface area contributed by atoms with Crippen LogP contribution >= 0.6 is 0 Å². The molecule has 4 aliphatic rings. The Morgan fingerprint density at radius 2 is 1.68 bits per heavy atom. The van der Waals surface area contributed by atoms with E-state index in [1.54, 1.807) is 0 Å². The molecule has 3 fully saturated rings. The molecule has 3 aliphatic carbocycles. The number of allylic oxidation sites excluding steroid dienone is 2. The van der Waals surface area contributed by atoms with Gasteiger partial charge in [0.1, 0.15) is 11.7 Å². The Balaban J connectivity index is 1.09. The Kier molecular flexibility index (Phi) is 5.66. The largest absolute Gasteiger partial charge is 0.417 e. The number of hydrogen-bond acceptors (Lipinski definition) is 3. The van der Waals surface area contributed by atoms with Gasteiger partial charge in [-0.25, -0.2) is 0 Å². The lowest BCUT2D eigenvalue weighted by Crippen LogP contribution is -2.40. The van der Waals surface area contributed by atoms with Gasteiger partial charge < -0.3 is 14.3 Å². The molecule has 0 aromatic heterocycles. The van der Waals surface area contributed by atoms with Crippen LogP contribution in [0.5, 0.6) is 0 Å². The molecule has 0 aromatic rings. The third-order valence-corrected chi connectivity index (χ3v) is 13.3. The van der Waals surface area contributed by atoms with Gasteiger partial charge in [-0.1, -0.05) is 65.0 Å². The predicted octanol–water partition coefficient (Wildman–Crippen LogP) is 5.69. The molecule has 0 unspecified atom stereocenters. The SMILES string of the molecule is CC(C)(C)[Si](C)(C)OCCCCCCCC[C@]12O[C@H]1[C@H](O)[C@@H]1[C@H]2[C@@H]2C=C[C@H]1C2. The number of epoxide rings is 1. The Bertz CT molecular complexity index is 595. The minimum atomic E-state index is -1.57. The second kappa shape index (κ2) is 7.51. The molecule has 3 nitrogen and oxygen atoms in total. The summed E-state index contributed by atoms with van der Waals surface area (Å²) in [4.78, 5) is 0. The van der Waals surface area contributed by atoms with Crippen molar-refractivity contribution in [2.75, 3.05) is 6.61 Å². The van der Waals surface area contributed by atoms with Gasteiger partial charge in [0.15, 0.2) is 8.32 Å². The molecule has 28 heavy (non-hydrogen) atoms. The Hall–Kier alpha value is -0.163. The van der Waals surface area contributed by atoms with E-state index in [0.29, 0.717) is 28.7 Å². The van der Waals surface area contributed by atoms with E-state index in [2.05, 4.69) is 46.0 Å². The van der Waals surface area contributed by atoms with Crippen LogP contribution in [-0.2, 0) is 9.16 Å². The van der Waals surface area contributed by atoms with Crippen molar-refractivity contribution in [3.8, 4) is 0 Å². The van der Waals surface area contributed by atoms with Crippen LogP contribution in [0.1, 0.15) is 72.1 Å². The van der Waals surface area contributed by atoms with Crippen molar-refractivity contribution in [1.82, 2.24) is 0 Å². The van der Waals surface area contributed by atoms with Crippen molar-refractivity contribution in [2.24, 2.45) is 23.7 Å². The molecule has 160 valence electrons. The van der Waals surface area contributed by atoms with Gasteiger partial charge in [0.25, 0.3) is 0 Å². The molecule has 1 heterocycles. The van der Waals surface area contributed by atoms with E-state index in [9.17, 15) is 5.11 Å². The summed E-state index contributed by atoms with van der Waals surface area (Å²) in [6.45, 7) is 12.6. The van der Waals surface area contributed by atoms with Crippen molar-refractivity contribution < 1.29 is 14.3 Å². The molecule has 4 rings (SSSR count). The van der Waals surface area contributed by atoms with E-state index < -0.39 is 8.32 Å². The highest BCUT2D eigenvalue weighted by Gasteiger charge is 2.76. The highest BCUT2D eigenvalue weighted by Crippen LogP contribution is 2.69. The summed E-state index contributed by atoms with van der Waals surface area (Å²) in [5, 5.41) is 11.0. The molecule has 1 aliphatic heterocycles. The molecule has 2 saturated carbocycles. The maximum atomic E-state index is 10.7. The van der Waals surface area contributed by atoms with Crippen molar-refractivity contribution in [3.05, 3.63) is 12.2 Å². The predicted molar refractivity (Wildman–Crippen MR) is 117 cm³/mol. The molecule has 1 saturated heterocycles. The molecular formula is C24H42O3Si. The van der Waals surface area contributed by atoms with Crippen molar-refractivity contribution in [1.29, 1.82) is 0 Å². The average Bonchev–Trinajstić information content (AvgIpc) is 2.91. The zero-order valence-electron chi connectivity index (χ0n) is 18.7. The zero-order chi connectivity index (χ0) is 20.2. The topological polar surface area (TPSA) is 42.0 Å². The van der Waals surface area contributed by atoms with E-state index in [-0.39, 0.29) is 17.8 Å². The van der Waals surface area contributed by atoms with Crippen LogP contribution in [0, 0.1) is 23.7 Å². The molecule has 0 amide bonds. The first kappa shape index (κ1) is 21.1. The number of rotatable bonds is 10. The molecule has 0 spiro atoms. The fourth-order valence-electron chi connectivity index (χ4n) is 6.17. The van der Waals surface area contributed by atoms with E-state index in [1.807, 2.05) is 0 Å². The Morgan fingerprint density at radius 3 is 2.39 bits per heavy atom. The number of hydrogen-bond donors (Lipinski definition) is 1. The monoisotopic (exact) mass is 406 g/mol. The van der Waals surface area contributed by atoms with Crippen LogP contribution in [0.15, 0.2) is 12.2 Å². The Morgan fingerprint density at radius 1 is 1.04 bits per heavy atom. The van der Waals surface area contributed by atoms with Crippen LogP contribution < -0.4 is 0 Å². The zero-order valence-corrected chi connectivity index (χ0v) is 19.7. The number of fused-ring (bicyclic) bond motifs is 7. The summed E-state index contributed by atoms with van der Waals surface area (Å²) in [6, 6.07) is 0. The molecule has 1 N–H and O–H groups in total. The highest BCUT2D eigenvalue weighted by atomic mass is 28.4. The smallest absolute Gasteiger partial charge is 0.191 e. The van der Waals surface area contributed by atoms with Gasteiger partial charge in [-0.3, -0.25) is 0 Å². The van der Waals surface area contributed by atoms with E-state index in [1.165, 1.54) is 51.4 Å². The van der Waals surface area contributed by atoms with Gasteiger partial charge >= 0.3 is 0 Å². The quantitative estimate of drug-likeness (QED) is 0.219. The van der Waals surface area contributed by atoms with Crippen LogP contribution in [0.2, 0.25) is 18.1 Å². The molecule has 0 aromatic carbocycles. The molecule has 4 heteroatoms. The third-order valence-electron chi connectivity index (χ3n) is 8.79. The first-order valence-electron chi connectivity index (χ1n) is 11.9. The summed E-state index contributed by atoms with van der Waals surface area (Å²) in [5.74, 6) is 2.41. The summed E-state index contributed by atoms with van der Waals surface area (Å²) in [6.07, 6.45) is 14.9. The second-order valence-electron chi connectivity index (χ2n) is 11.5. The molecular weight excluding hydrogens is 364 g/mol. The number of aliphatic hydroxyl groups is 1. The first-order valence-corrected chi connectivity index (χ1v) is 14.8. The lowest BCUT2D eigenvalue weighted by Gasteiger charge is -2.36. The third kappa shape index (κ3) is 3.57. The highest BCUT2D eigenvalue weighted by molar-refractivity contribution is 6.74. The number of unbranched alkanes of at least 4 members (excludes halogenated alkanes) is 5. The van der Waals surface area contributed by atoms with E-state index in [0.717, 1.165) is 6.61 Å². The van der Waals surface area contributed by atoms with Crippen molar-refractivity contribution in [3.63, 3.8) is 0 Å². The second-order valence-corrected chi connectivity index (χ2v) is 16.3. The van der Waals surface area contributed by atoms with Crippen LogP contribution in [0.25, 0.3) is 0 Å². The average molecular weight is 407 g/mol. The van der Waals surface area contributed by atoms with E-state index >= 15 is 0 Å². The standard InChI is InChI=1S/C24H42O3Si/c1-23(2,3)28(4,5)26-15-11-9-7-6-8-10-14-24-20-18-13-12-17(16-18)19(20)21(25)22(24)27-24/h12-13,17-22,25H,6-11,14-16H2,1-5H3/t17-,18+,19-,20+,21+,22-,24+/m0/s1. The van der Waals surface area contributed by atoms with Crippen molar-refractivity contribution >= 4 is 8.32 Å². The summed E-state index contributed by atoms with van der Waals surface area (Å²) in [7, 11) is -1.57. The Labute approximate surface area is 173 Å². The minimum Gasteiger partial charge on any atom is -0.417 e. The normalized spacial score (nSPS) is 40.8. The lowest BCUT2D eigenvalue weighted by atomic mass is 9.78. The first-order chi connectivity index (χ1) is 13.2.